The fourth-order valence-electron chi connectivity index (χ4n) is 6.44. The molecule has 4 heteroatoms. The zero-order valence-electron chi connectivity index (χ0n) is 17.2. The summed E-state index contributed by atoms with van der Waals surface area (Å²) >= 11 is 0. The average Bonchev–Trinajstić information content (AvgIpc) is 3.41. The summed E-state index contributed by atoms with van der Waals surface area (Å²) in [5.41, 5.74) is -0.113. The quantitative estimate of drug-likeness (QED) is 0.656. The summed E-state index contributed by atoms with van der Waals surface area (Å²) in [5.74, 6) is -0.289. The molecule has 0 bridgehead atoms. The molecule has 2 aliphatic heterocycles. The van der Waals surface area contributed by atoms with Crippen molar-refractivity contribution < 1.29 is 19.1 Å². The molecule has 0 aromatic heterocycles. The number of esters is 2. The minimum atomic E-state index is -0.960. The number of fused-ring (bicyclic) bond motifs is 3. The van der Waals surface area contributed by atoms with Gasteiger partial charge >= 0.3 is 11.9 Å². The van der Waals surface area contributed by atoms with E-state index in [-0.39, 0.29) is 17.4 Å². The molecule has 1 aromatic rings. The lowest BCUT2D eigenvalue weighted by Gasteiger charge is -2.39. The molecule has 150 valence electrons. The molecule has 4 fully saturated rings. The van der Waals surface area contributed by atoms with Crippen molar-refractivity contribution in [3.8, 4) is 0 Å². The van der Waals surface area contributed by atoms with E-state index in [9.17, 15) is 9.59 Å². The van der Waals surface area contributed by atoms with Crippen LogP contribution in [-0.4, -0.2) is 18.0 Å². The van der Waals surface area contributed by atoms with Crippen LogP contribution in [0.1, 0.15) is 83.3 Å². The first kappa shape index (κ1) is 18.2. The maximum Gasteiger partial charge on any atom is 0.317 e. The summed E-state index contributed by atoms with van der Waals surface area (Å²) in [7, 11) is 0. The third-order valence-corrected chi connectivity index (χ3v) is 7.99. The van der Waals surface area contributed by atoms with Crippen LogP contribution in [0, 0.1) is 10.8 Å². The zero-order chi connectivity index (χ0) is 19.8. The van der Waals surface area contributed by atoms with Crippen LogP contribution in [0.4, 0.5) is 0 Å². The van der Waals surface area contributed by atoms with E-state index in [0.717, 1.165) is 56.9 Å². The molecule has 2 spiro atoms. The highest BCUT2D eigenvalue weighted by Gasteiger charge is 2.81. The van der Waals surface area contributed by atoms with Crippen LogP contribution in [0.2, 0.25) is 0 Å². The van der Waals surface area contributed by atoms with Gasteiger partial charge in [-0.05, 0) is 36.7 Å². The van der Waals surface area contributed by atoms with E-state index in [0.29, 0.717) is 0 Å². The number of benzene rings is 1. The molecule has 4 nitrogen and oxygen atoms in total. The summed E-state index contributed by atoms with van der Waals surface area (Å²) in [6.45, 7) is 6.56. The summed E-state index contributed by atoms with van der Waals surface area (Å²) in [6.07, 6.45) is 6.48. The second-order valence-corrected chi connectivity index (χ2v) is 10.4. The second kappa shape index (κ2) is 5.61. The molecule has 2 saturated heterocycles. The third-order valence-electron chi connectivity index (χ3n) is 7.99. The van der Waals surface area contributed by atoms with Gasteiger partial charge in [0.25, 0.3) is 0 Å². The Hall–Kier alpha value is -1.84. The molecule has 2 atom stereocenters. The van der Waals surface area contributed by atoms with Crippen molar-refractivity contribution in [2.45, 2.75) is 89.3 Å². The van der Waals surface area contributed by atoms with Crippen molar-refractivity contribution in [1.82, 2.24) is 0 Å². The summed E-state index contributed by atoms with van der Waals surface area (Å²) < 4.78 is 12.4. The van der Waals surface area contributed by atoms with Gasteiger partial charge in [0.05, 0.1) is 0 Å². The van der Waals surface area contributed by atoms with Gasteiger partial charge in [-0.25, -0.2) is 0 Å². The molecular weight excluding hydrogens is 352 g/mol. The Morgan fingerprint density at radius 2 is 1.43 bits per heavy atom. The van der Waals surface area contributed by atoms with Gasteiger partial charge in [-0.1, -0.05) is 70.7 Å². The first-order valence-corrected chi connectivity index (χ1v) is 10.8. The Morgan fingerprint density at radius 1 is 0.857 bits per heavy atom. The van der Waals surface area contributed by atoms with E-state index in [4.69, 9.17) is 9.47 Å². The van der Waals surface area contributed by atoms with Gasteiger partial charge in [0.1, 0.15) is 10.8 Å². The largest absolute Gasteiger partial charge is 0.456 e. The lowest BCUT2D eigenvalue weighted by Crippen LogP contribution is -2.49. The maximum absolute atomic E-state index is 13.2. The minimum absolute atomic E-state index is 0.0433. The lowest BCUT2D eigenvalue weighted by atomic mass is 9.62. The number of hydrogen-bond acceptors (Lipinski definition) is 4. The highest BCUT2D eigenvalue weighted by atomic mass is 16.6. The van der Waals surface area contributed by atoms with Crippen LogP contribution in [0.3, 0.4) is 0 Å². The van der Waals surface area contributed by atoms with Crippen molar-refractivity contribution in [1.29, 1.82) is 0 Å². The van der Waals surface area contributed by atoms with Crippen LogP contribution >= 0.6 is 0 Å². The van der Waals surface area contributed by atoms with E-state index in [1.165, 1.54) is 5.56 Å². The van der Waals surface area contributed by atoms with E-state index in [2.05, 4.69) is 45.0 Å². The molecule has 28 heavy (non-hydrogen) atoms. The van der Waals surface area contributed by atoms with Crippen molar-refractivity contribution >= 4 is 11.9 Å². The first-order valence-electron chi connectivity index (χ1n) is 10.8. The molecule has 0 N–H and O–H groups in total. The van der Waals surface area contributed by atoms with Crippen LogP contribution in [0.25, 0.3) is 0 Å². The fourth-order valence-corrected chi connectivity index (χ4v) is 6.44. The molecule has 0 radical (unpaired) electrons. The number of carbonyl (C=O) groups excluding carboxylic acids is 2. The van der Waals surface area contributed by atoms with Crippen LogP contribution in [0.15, 0.2) is 24.3 Å². The number of hydrogen-bond donors (Lipinski definition) is 0. The molecule has 0 amide bonds. The van der Waals surface area contributed by atoms with E-state index >= 15 is 0 Å². The van der Waals surface area contributed by atoms with Gasteiger partial charge in [-0.2, -0.15) is 0 Å². The lowest BCUT2D eigenvalue weighted by molar-refractivity contribution is -0.169. The van der Waals surface area contributed by atoms with Gasteiger partial charge in [-0.3, -0.25) is 9.59 Å². The maximum atomic E-state index is 13.2. The normalized spacial score (nSPS) is 32.8. The fraction of sp³-hybridized carbons (Fsp3) is 0.667. The van der Waals surface area contributed by atoms with Gasteiger partial charge in [-0.15, -0.1) is 0 Å². The van der Waals surface area contributed by atoms with Crippen molar-refractivity contribution in [3.63, 3.8) is 0 Å². The smallest absolute Gasteiger partial charge is 0.317 e. The summed E-state index contributed by atoms with van der Waals surface area (Å²) in [6, 6.07) is 8.41. The van der Waals surface area contributed by atoms with Crippen molar-refractivity contribution in [2.75, 3.05) is 0 Å². The summed E-state index contributed by atoms with van der Waals surface area (Å²) in [4.78, 5) is 26.5. The SMILES string of the molecule is CC(C)(C)c1ccc([C@@]23OC(=O)C4(CCCC4)[C@@H]2OC(=O)C32CCCC2)cc1. The molecule has 5 rings (SSSR count). The topological polar surface area (TPSA) is 52.6 Å². The Bertz CT molecular complexity index is 817. The number of rotatable bonds is 1. The minimum Gasteiger partial charge on any atom is -0.456 e. The molecular formula is C24H30O4. The zero-order valence-corrected chi connectivity index (χ0v) is 17.2. The van der Waals surface area contributed by atoms with Gasteiger partial charge in [0.2, 0.25) is 0 Å². The van der Waals surface area contributed by atoms with Crippen molar-refractivity contribution in [3.05, 3.63) is 35.4 Å². The van der Waals surface area contributed by atoms with Gasteiger partial charge in [0.15, 0.2) is 11.7 Å². The standard InChI is InChI=1S/C24H30O4/c1-21(2,3)16-8-10-17(11-9-16)24-18(22(19(25)28-24)12-4-5-13-22)27-20(26)23(24)14-6-7-15-23/h8-11,18H,4-7,12-15H2,1-3H3/t18-,24+/m0/s1. The van der Waals surface area contributed by atoms with E-state index in [1.54, 1.807) is 0 Å². The molecule has 4 aliphatic rings. The van der Waals surface area contributed by atoms with Crippen LogP contribution in [0.5, 0.6) is 0 Å². The molecule has 2 aliphatic carbocycles. The molecule has 2 heterocycles. The van der Waals surface area contributed by atoms with Crippen molar-refractivity contribution in [2.24, 2.45) is 10.8 Å². The highest BCUT2D eigenvalue weighted by Crippen LogP contribution is 2.69. The van der Waals surface area contributed by atoms with E-state index < -0.39 is 22.5 Å². The molecule has 1 aromatic carbocycles. The second-order valence-electron chi connectivity index (χ2n) is 10.4. The molecule has 2 saturated carbocycles. The van der Waals surface area contributed by atoms with Crippen LogP contribution < -0.4 is 0 Å². The van der Waals surface area contributed by atoms with Gasteiger partial charge in [0, 0.05) is 5.56 Å². The van der Waals surface area contributed by atoms with E-state index in [1.807, 2.05) is 0 Å². The summed E-state index contributed by atoms with van der Waals surface area (Å²) in [5, 5.41) is 0. The Morgan fingerprint density at radius 3 is 2.00 bits per heavy atom. The highest BCUT2D eigenvalue weighted by molar-refractivity contribution is 5.90. The predicted molar refractivity (Wildman–Crippen MR) is 105 cm³/mol. The number of ether oxygens (including phenoxy) is 2. The molecule has 0 unspecified atom stereocenters. The van der Waals surface area contributed by atoms with Crippen LogP contribution in [-0.2, 0) is 30.1 Å². The average molecular weight is 383 g/mol. The number of carbonyl (C=O) groups is 2. The Balaban J connectivity index is 1.70. The predicted octanol–water partition coefficient (Wildman–Crippen LogP) is 4.78. The Labute approximate surface area is 167 Å². The van der Waals surface area contributed by atoms with Gasteiger partial charge < -0.3 is 9.47 Å². The Kier molecular flexibility index (Phi) is 3.65. The monoisotopic (exact) mass is 382 g/mol. The third kappa shape index (κ3) is 2.02. The first-order chi connectivity index (χ1) is 13.3.